The molecular formula is C13H22N2O. The van der Waals surface area contributed by atoms with Crippen LogP contribution in [0, 0.1) is 5.92 Å². The molecule has 0 aliphatic carbocycles. The van der Waals surface area contributed by atoms with Crippen LogP contribution in [-0.4, -0.2) is 30.6 Å². The smallest absolute Gasteiger partial charge is 0.117 e. The number of hydrogen-bond donors (Lipinski definition) is 1. The summed E-state index contributed by atoms with van der Waals surface area (Å²) < 4.78 is 5.33. The van der Waals surface area contributed by atoms with Gasteiger partial charge in [-0.05, 0) is 38.4 Å². The van der Waals surface area contributed by atoms with E-state index in [1.165, 1.54) is 13.0 Å². The SMILES string of the molecule is CC1CN(C)C(C)CC1NCc1ccco1. The highest BCUT2D eigenvalue weighted by Crippen LogP contribution is 2.21. The Bertz CT molecular complexity index is 310. The highest BCUT2D eigenvalue weighted by Gasteiger charge is 2.28. The summed E-state index contributed by atoms with van der Waals surface area (Å²) in [6, 6.07) is 5.25. The Morgan fingerprint density at radius 3 is 3.00 bits per heavy atom. The van der Waals surface area contributed by atoms with E-state index in [1.807, 2.05) is 12.1 Å². The lowest BCUT2D eigenvalue weighted by molar-refractivity contribution is 0.120. The van der Waals surface area contributed by atoms with Crippen LogP contribution in [0.4, 0.5) is 0 Å². The number of piperidine rings is 1. The first-order chi connectivity index (χ1) is 7.66. The molecule has 1 fully saturated rings. The minimum absolute atomic E-state index is 0.608. The summed E-state index contributed by atoms with van der Waals surface area (Å²) in [5, 5.41) is 3.60. The molecule has 1 N–H and O–H groups in total. The zero-order valence-corrected chi connectivity index (χ0v) is 10.4. The number of furan rings is 1. The third kappa shape index (κ3) is 2.66. The molecule has 0 amide bonds. The lowest BCUT2D eigenvalue weighted by atomic mass is 9.90. The Labute approximate surface area is 97.8 Å². The third-order valence-electron chi connectivity index (χ3n) is 3.73. The van der Waals surface area contributed by atoms with Crippen molar-refractivity contribution in [1.29, 1.82) is 0 Å². The molecule has 16 heavy (non-hydrogen) atoms. The Morgan fingerprint density at radius 2 is 2.31 bits per heavy atom. The number of likely N-dealkylation sites (tertiary alicyclic amines) is 1. The molecule has 0 spiro atoms. The molecule has 2 rings (SSSR count). The maximum absolute atomic E-state index is 5.33. The minimum atomic E-state index is 0.608. The van der Waals surface area contributed by atoms with Gasteiger partial charge in [-0.15, -0.1) is 0 Å². The van der Waals surface area contributed by atoms with Crippen molar-refractivity contribution in [3.05, 3.63) is 24.2 Å². The molecule has 3 nitrogen and oxygen atoms in total. The van der Waals surface area contributed by atoms with E-state index in [2.05, 4.69) is 31.1 Å². The standard InChI is InChI=1S/C13H22N2O/c1-10-9-15(3)11(2)7-13(10)14-8-12-5-4-6-16-12/h4-6,10-11,13-14H,7-9H2,1-3H3. The first-order valence-electron chi connectivity index (χ1n) is 6.13. The van der Waals surface area contributed by atoms with Crippen molar-refractivity contribution in [1.82, 2.24) is 10.2 Å². The fourth-order valence-electron chi connectivity index (χ4n) is 2.47. The molecule has 3 atom stereocenters. The van der Waals surface area contributed by atoms with Gasteiger partial charge < -0.3 is 14.6 Å². The second-order valence-electron chi connectivity index (χ2n) is 5.07. The van der Waals surface area contributed by atoms with Crippen LogP contribution in [0.3, 0.4) is 0 Å². The summed E-state index contributed by atoms with van der Waals surface area (Å²) in [7, 11) is 2.21. The molecule has 0 aromatic carbocycles. The number of nitrogens with zero attached hydrogens (tertiary/aromatic N) is 1. The molecule has 0 radical (unpaired) electrons. The van der Waals surface area contributed by atoms with Gasteiger partial charge in [0.25, 0.3) is 0 Å². The van der Waals surface area contributed by atoms with Gasteiger partial charge in [-0.25, -0.2) is 0 Å². The molecule has 0 bridgehead atoms. The Kier molecular flexibility index (Phi) is 3.66. The van der Waals surface area contributed by atoms with Crippen molar-refractivity contribution in [2.75, 3.05) is 13.6 Å². The number of hydrogen-bond acceptors (Lipinski definition) is 3. The van der Waals surface area contributed by atoms with Crippen LogP contribution >= 0.6 is 0 Å². The van der Waals surface area contributed by atoms with Crippen LogP contribution in [-0.2, 0) is 6.54 Å². The summed E-state index contributed by atoms with van der Waals surface area (Å²) in [4.78, 5) is 2.44. The van der Waals surface area contributed by atoms with Gasteiger partial charge >= 0.3 is 0 Å². The van der Waals surface area contributed by atoms with Gasteiger partial charge in [0.05, 0.1) is 12.8 Å². The molecule has 1 saturated heterocycles. The van der Waals surface area contributed by atoms with Gasteiger partial charge in [0.2, 0.25) is 0 Å². The Balaban J connectivity index is 1.85. The quantitative estimate of drug-likeness (QED) is 0.849. The zero-order chi connectivity index (χ0) is 11.5. The Morgan fingerprint density at radius 1 is 1.50 bits per heavy atom. The number of nitrogens with one attached hydrogen (secondary N) is 1. The van der Waals surface area contributed by atoms with Crippen LogP contribution < -0.4 is 5.32 Å². The monoisotopic (exact) mass is 222 g/mol. The first kappa shape index (κ1) is 11.7. The van der Waals surface area contributed by atoms with Gasteiger partial charge in [-0.1, -0.05) is 6.92 Å². The Hall–Kier alpha value is -0.800. The van der Waals surface area contributed by atoms with E-state index in [0.717, 1.165) is 12.3 Å². The molecule has 1 aliphatic rings. The summed E-state index contributed by atoms with van der Waals surface area (Å²) in [6.45, 7) is 6.64. The lowest BCUT2D eigenvalue weighted by Crippen LogP contribution is -2.50. The van der Waals surface area contributed by atoms with Crippen molar-refractivity contribution in [3.63, 3.8) is 0 Å². The highest BCUT2D eigenvalue weighted by molar-refractivity contribution is 4.98. The van der Waals surface area contributed by atoms with E-state index in [0.29, 0.717) is 18.0 Å². The van der Waals surface area contributed by atoms with Gasteiger partial charge in [0.1, 0.15) is 5.76 Å². The van der Waals surface area contributed by atoms with Crippen molar-refractivity contribution < 1.29 is 4.42 Å². The fourth-order valence-corrected chi connectivity index (χ4v) is 2.47. The zero-order valence-electron chi connectivity index (χ0n) is 10.4. The molecule has 1 aromatic heterocycles. The van der Waals surface area contributed by atoms with E-state index in [9.17, 15) is 0 Å². The average molecular weight is 222 g/mol. The summed E-state index contributed by atoms with van der Waals surface area (Å²) >= 11 is 0. The van der Waals surface area contributed by atoms with Gasteiger partial charge in [0.15, 0.2) is 0 Å². The predicted molar refractivity (Wildman–Crippen MR) is 65.2 cm³/mol. The molecule has 1 aromatic rings. The van der Waals surface area contributed by atoms with Crippen molar-refractivity contribution in [3.8, 4) is 0 Å². The minimum Gasteiger partial charge on any atom is -0.468 e. The van der Waals surface area contributed by atoms with E-state index < -0.39 is 0 Å². The largest absolute Gasteiger partial charge is 0.468 e. The highest BCUT2D eigenvalue weighted by atomic mass is 16.3. The summed E-state index contributed by atoms with van der Waals surface area (Å²) in [5.41, 5.74) is 0. The first-order valence-corrected chi connectivity index (χ1v) is 6.13. The predicted octanol–water partition coefficient (Wildman–Crippen LogP) is 2.10. The molecule has 3 unspecified atom stereocenters. The van der Waals surface area contributed by atoms with E-state index in [-0.39, 0.29) is 0 Å². The van der Waals surface area contributed by atoms with Gasteiger partial charge in [-0.3, -0.25) is 0 Å². The maximum Gasteiger partial charge on any atom is 0.117 e. The molecule has 2 heterocycles. The van der Waals surface area contributed by atoms with Crippen LogP contribution in [0.1, 0.15) is 26.0 Å². The normalized spacial score (nSPS) is 31.8. The average Bonchev–Trinajstić information content (AvgIpc) is 2.74. The van der Waals surface area contributed by atoms with E-state index in [4.69, 9.17) is 4.42 Å². The second-order valence-corrected chi connectivity index (χ2v) is 5.07. The molecule has 0 saturated carbocycles. The van der Waals surface area contributed by atoms with Crippen LogP contribution in [0.15, 0.2) is 22.8 Å². The topological polar surface area (TPSA) is 28.4 Å². The van der Waals surface area contributed by atoms with E-state index >= 15 is 0 Å². The molecule has 90 valence electrons. The molecular weight excluding hydrogens is 200 g/mol. The number of rotatable bonds is 3. The fraction of sp³-hybridized carbons (Fsp3) is 0.692. The van der Waals surface area contributed by atoms with Gasteiger partial charge in [0, 0.05) is 18.6 Å². The van der Waals surface area contributed by atoms with Crippen LogP contribution in [0.25, 0.3) is 0 Å². The lowest BCUT2D eigenvalue weighted by Gasteiger charge is -2.40. The van der Waals surface area contributed by atoms with E-state index in [1.54, 1.807) is 6.26 Å². The molecule has 3 heteroatoms. The van der Waals surface area contributed by atoms with Crippen LogP contribution in [0.2, 0.25) is 0 Å². The van der Waals surface area contributed by atoms with Crippen molar-refractivity contribution in [2.24, 2.45) is 5.92 Å². The maximum atomic E-state index is 5.33. The van der Waals surface area contributed by atoms with Crippen molar-refractivity contribution >= 4 is 0 Å². The molecule has 1 aliphatic heterocycles. The summed E-state index contributed by atoms with van der Waals surface area (Å²) in [6.07, 6.45) is 2.95. The van der Waals surface area contributed by atoms with Crippen molar-refractivity contribution in [2.45, 2.75) is 38.9 Å². The second kappa shape index (κ2) is 5.02. The summed E-state index contributed by atoms with van der Waals surface area (Å²) in [5.74, 6) is 1.73. The third-order valence-corrected chi connectivity index (χ3v) is 3.73. The van der Waals surface area contributed by atoms with Gasteiger partial charge in [-0.2, -0.15) is 0 Å². The van der Waals surface area contributed by atoms with Crippen LogP contribution in [0.5, 0.6) is 0 Å².